The van der Waals surface area contributed by atoms with Gasteiger partial charge in [-0.05, 0) is 59.2 Å². The van der Waals surface area contributed by atoms with Gasteiger partial charge in [0.2, 0.25) is 0 Å². The lowest BCUT2D eigenvalue weighted by Gasteiger charge is -2.18. The molecule has 2 heteroatoms. The summed E-state index contributed by atoms with van der Waals surface area (Å²) in [7, 11) is 0. The van der Waals surface area contributed by atoms with E-state index in [0.29, 0.717) is 0 Å². The summed E-state index contributed by atoms with van der Waals surface area (Å²) in [6, 6.07) is 25.6. The van der Waals surface area contributed by atoms with E-state index in [4.69, 9.17) is 9.40 Å². The first-order chi connectivity index (χ1) is 14.9. The highest BCUT2D eigenvalue weighted by atomic mass is 16.3. The van der Waals surface area contributed by atoms with Crippen molar-refractivity contribution in [1.82, 2.24) is 4.98 Å². The summed E-state index contributed by atoms with van der Waals surface area (Å²) in [5.74, 6) is 0. The summed E-state index contributed by atoms with van der Waals surface area (Å²) in [6.07, 6.45) is 3.04. The summed E-state index contributed by atoms with van der Waals surface area (Å²) < 4.78 is 6.24. The largest absolute Gasteiger partial charge is 0.455 e. The number of rotatable bonds is 3. The van der Waals surface area contributed by atoms with Crippen LogP contribution in [-0.2, 0) is 6.42 Å². The summed E-state index contributed by atoms with van der Waals surface area (Å²) >= 11 is 0. The van der Waals surface area contributed by atoms with Crippen LogP contribution in [0.5, 0.6) is 0 Å². The van der Waals surface area contributed by atoms with E-state index in [1.165, 1.54) is 22.3 Å². The molecule has 31 heavy (non-hydrogen) atoms. The van der Waals surface area contributed by atoms with Gasteiger partial charge in [0, 0.05) is 22.5 Å². The number of pyridine rings is 1. The molecule has 0 radical (unpaired) electrons. The maximum Gasteiger partial charge on any atom is 0.144 e. The number of para-hydroxylation sites is 2. The van der Waals surface area contributed by atoms with Crippen LogP contribution in [0.15, 0.2) is 83.4 Å². The average Bonchev–Trinajstić information content (AvgIpc) is 3.13. The molecule has 0 spiro atoms. The molecule has 5 aromatic rings. The highest BCUT2D eigenvalue weighted by molar-refractivity contribution is 6.09. The van der Waals surface area contributed by atoms with Gasteiger partial charge in [-0.1, -0.05) is 75.4 Å². The van der Waals surface area contributed by atoms with Crippen LogP contribution >= 0.6 is 0 Å². The maximum absolute atomic E-state index is 6.24. The molecule has 0 aliphatic rings. The second-order valence-electron chi connectivity index (χ2n) is 9.60. The molecular weight excluding hydrogens is 378 g/mol. The Bertz CT molecular complexity index is 1380. The van der Waals surface area contributed by atoms with E-state index < -0.39 is 0 Å². The number of furan rings is 1. The van der Waals surface area contributed by atoms with Crippen molar-refractivity contribution in [3.8, 4) is 22.4 Å². The monoisotopic (exact) mass is 405 g/mol. The van der Waals surface area contributed by atoms with E-state index in [9.17, 15) is 0 Å². The van der Waals surface area contributed by atoms with Crippen LogP contribution in [0.2, 0.25) is 0 Å². The minimum atomic E-state index is 0.284. The Kier molecular flexibility index (Phi) is 4.66. The van der Waals surface area contributed by atoms with E-state index in [1.54, 1.807) is 0 Å². The number of aryl methyl sites for hydroxylation is 1. The highest BCUT2D eigenvalue weighted by Crippen LogP contribution is 2.36. The molecular formula is C29H27NO. The zero-order chi connectivity index (χ0) is 21.6. The van der Waals surface area contributed by atoms with Gasteiger partial charge in [0.15, 0.2) is 0 Å². The number of aromatic nitrogens is 1. The predicted octanol–water partition coefficient (Wildman–Crippen LogP) is 8.21. The molecule has 0 fully saturated rings. The Hall–Kier alpha value is -3.39. The van der Waals surface area contributed by atoms with Gasteiger partial charge in [0.1, 0.15) is 11.2 Å². The third kappa shape index (κ3) is 3.74. The number of fused-ring (bicyclic) bond motifs is 3. The van der Waals surface area contributed by atoms with Crippen LogP contribution in [0.25, 0.3) is 44.3 Å². The van der Waals surface area contributed by atoms with Crippen LogP contribution in [0, 0.1) is 12.3 Å². The summed E-state index contributed by atoms with van der Waals surface area (Å²) in [5, 5.41) is 2.27. The van der Waals surface area contributed by atoms with Crippen molar-refractivity contribution in [3.05, 3.63) is 90.1 Å². The standard InChI is InChI=1S/C29H27NO/c1-19-18-30-26(16-25(19)21-14-12-20(13-15-21)17-29(2,3)4)24-10-7-9-23-22-8-5-6-11-27(22)31-28(23)24/h5-16,18H,17H2,1-4H3. The maximum atomic E-state index is 6.24. The highest BCUT2D eigenvalue weighted by Gasteiger charge is 2.15. The van der Waals surface area contributed by atoms with Gasteiger partial charge in [0.25, 0.3) is 0 Å². The lowest BCUT2D eigenvalue weighted by molar-refractivity contribution is 0.411. The van der Waals surface area contributed by atoms with Crippen LogP contribution in [0.3, 0.4) is 0 Å². The molecule has 3 aromatic carbocycles. The van der Waals surface area contributed by atoms with Gasteiger partial charge >= 0.3 is 0 Å². The molecule has 0 saturated heterocycles. The fourth-order valence-corrected chi connectivity index (χ4v) is 4.35. The number of hydrogen-bond donors (Lipinski definition) is 0. The Balaban J connectivity index is 1.59. The normalized spacial score (nSPS) is 12.0. The molecule has 0 saturated carbocycles. The van der Waals surface area contributed by atoms with Gasteiger partial charge in [-0.3, -0.25) is 4.98 Å². The Morgan fingerprint density at radius 1 is 0.806 bits per heavy atom. The van der Waals surface area contributed by atoms with E-state index >= 15 is 0 Å². The molecule has 0 unspecified atom stereocenters. The van der Waals surface area contributed by atoms with Crippen molar-refractivity contribution in [1.29, 1.82) is 0 Å². The summed E-state index contributed by atoms with van der Waals surface area (Å²) in [6.45, 7) is 8.95. The molecule has 154 valence electrons. The van der Waals surface area contributed by atoms with E-state index in [0.717, 1.165) is 39.6 Å². The molecule has 2 aromatic heterocycles. The van der Waals surface area contributed by atoms with E-state index in [2.05, 4.69) is 88.4 Å². The number of hydrogen-bond acceptors (Lipinski definition) is 2. The van der Waals surface area contributed by atoms with Gasteiger partial charge < -0.3 is 4.42 Å². The molecule has 0 aliphatic heterocycles. The zero-order valence-corrected chi connectivity index (χ0v) is 18.6. The quantitative estimate of drug-likeness (QED) is 0.302. The first-order valence-electron chi connectivity index (χ1n) is 10.9. The van der Waals surface area contributed by atoms with E-state index in [-0.39, 0.29) is 5.41 Å². The topological polar surface area (TPSA) is 26.0 Å². The zero-order valence-electron chi connectivity index (χ0n) is 18.6. The van der Waals surface area contributed by atoms with Gasteiger partial charge in [-0.25, -0.2) is 0 Å². The molecule has 0 aliphatic carbocycles. The molecule has 0 amide bonds. The predicted molar refractivity (Wildman–Crippen MR) is 130 cm³/mol. The Morgan fingerprint density at radius 2 is 1.55 bits per heavy atom. The number of benzene rings is 3. The third-order valence-corrected chi connectivity index (χ3v) is 5.78. The lowest BCUT2D eigenvalue weighted by Crippen LogP contribution is -2.08. The van der Waals surface area contributed by atoms with Crippen molar-refractivity contribution in [2.45, 2.75) is 34.1 Å². The minimum absolute atomic E-state index is 0.284. The molecule has 0 bridgehead atoms. The molecule has 2 nitrogen and oxygen atoms in total. The van der Waals surface area contributed by atoms with Crippen molar-refractivity contribution in [2.24, 2.45) is 5.41 Å². The molecule has 0 N–H and O–H groups in total. The first-order valence-corrected chi connectivity index (χ1v) is 10.9. The number of nitrogens with zero attached hydrogens (tertiary/aromatic N) is 1. The Labute approximate surface area is 183 Å². The van der Waals surface area contributed by atoms with Crippen LogP contribution in [-0.4, -0.2) is 4.98 Å². The van der Waals surface area contributed by atoms with Crippen molar-refractivity contribution in [3.63, 3.8) is 0 Å². The molecule has 0 atom stereocenters. The van der Waals surface area contributed by atoms with Crippen molar-refractivity contribution in [2.75, 3.05) is 0 Å². The van der Waals surface area contributed by atoms with Gasteiger partial charge in [-0.15, -0.1) is 0 Å². The van der Waals surface area contributed by atoms with Crippen LogP contribution in [0.4, 0.5) is 0 Å². The van der Waals surface area contributed by atoms with Crippen LogP contribution in [0.1, 0.15) is 31.9 Å². The van der Waals surface area contributed by atoms with Gasteiger partial charge in [0.05, 0.1) is 5.69 Å². The second-order valence-corrected chi connectivity index (χ2v) is 9.60. The van der Waals surface area contributed by atoms with Crippen molar-refractivity contribution >= 4 is 21.9 Å². The first kappa shape index (κ1) is 19.6. The summed E-state index contributed by atoms with van der Waals surface area (Å²) in [4.78, 5) is 4.76. The van der Waals surface area contributed by atoms with Crippen molar-refractivity contribution < 1.29 is 4.42 Å². The lowest BCUT2D eigenvalue weighted by atomic mass is 9.87. The summed E-state index contributed by atoms with van der Waals surface area (Å²) in [5.41, 5.74) is 9.02. The molecule has 2 heterocycles. The minimum Gasteiger partial charge on any atom is -0.455 e. The van der Waals surface area contributed by atoms with Gasteiger partial charge in [-0.2, -0.15) is 0 Å². The SMILES string of the molecule is Cc1cnc(-c2cccc3c2oc2ccccc23)cc1-c1ccc(CC(C)(C)C)cc1. The van der Waals surface area contributed by atoms with E-state index in [1.807, 2.05) is 18.3 Å². The Morgan fingerprint density at radius 3 is 2.32 bits per heavy atom. The smallest absolute Gasteiger partial charge is 0.144 e. The fraction of sp³-hybridized carbons (Fsp3) is 0.207. The van der Waals surface area contributed by atoms with Crippen LogP contribution < -0.4 is 0 Å². The molecule has 5 rings (SSSR count). The third-order valence-electron chi connectivity index (χ3n) is 5.78. The fourth-order valence-electron chi connectivity index (χ4n) is 4.35. The average molecular weight is 406 g/mol. The second kappa shape index (κ2) is 7.39.